The van der Waals surface area contributed by atoms with Crippen molar-refractivity contribution in [1.82, 2.24) is 4.98 Å². The molecule has 1 heterocycles. The number of nitrogen functional groups attached to an aromatic ring is 1. The Morgan fingerprint density at radius 3 is 3.12 bits per heavy atom. The summed E-state index contributed by atoms with van der Waals surface area (Å²) in [7, 11) is 0. The molecule has 88 valence electrons. The van der Waals surface area contributed by atoms with Gasteiger partial charge in [-0.05, 0) is 24.6 Å². The van der Waals surface area contributed by atoms with Crippen LogP contribution in [0.2, 0.25) is 0 Å². The molecule has 0 aliphatic rings. The van der Waals surface area contributed by atoms with Gasteiger partial charge in [-0.1, -0.05) is 24.0 Å². The number of benzene rings is 1. The van der Waals surface area contributed by atoms with Gasteiger partial charge in [-0.25, -0.2) is 9.78 Å². The number of nitrogens with two attached hydrogens (primary N) is 1. The largest absolute Gasteiger partial charge is 0.458 e. The summed E-state index contributed by atoms with van der Waals surface area (Å²) in [5.41, 5.74) is 7.68. The maximum absolute atomic E-state index is 11.8. The molecule has 0 aliphatic heterocycles. The predicted molar refractivity (Wildman–Crippen MR) is 69.2 cm³/mol. The molecule has 1 aromatic carbocycles. The second kappa shape index (κ2) is 4.55. The first kappa shape index (κ1) is 11.6. The summed E-state index contributed by atoms with van der Waals surface area (Å²) in [6, 6.07) is 3.71. The number of carbonyl (C=O) groups is 1. The number of aromatic nitrogens is 1. The van der Waals surface area contributed by atoms with Crippen LogP contribution in [0.15, 0.2) is 24.8 Å². The van der Waals surface area contributed by atoms with Gasteiger partial charge < -0.3 is 10.5 Å². The monoisotopic (exact) mass is 248 g/mol. The lowest BCUT2D eigenvalue weighted by Gasteiger charge is -2.03. The zero-order valence-electron chi connectivity index (χ0n) is 9.40. The summed E-state index contributed by atoms with van der Waals surface area (Å²) < 4.78 is 5.91. The fourth-order valence-electron chi connectivity index (χ4n) is 1.55. The molecule has 0 aliphatic carbocycles. The third kappa shape index (κ3) is 2.29. The number of carbonyl (C=O) groups excluding carboxylic acids is 1. The summed E-state index contributed by atoms with van der Waals surface area (Å²) in [5.74, 6) is -0.399. The molecule has 0 saturated carbocycles. The maximum atomic E-state index is 11.8. The van der Waals surface area contributed by atoms with E-state index in [9.17, 15) is 4.79 Å². The van der Waals surface area contributed by atoms with Crippen LogP contribution in [-0.2, 0) is 4.74 Å². The number of aryl methyl sites for hydroxylation is 1. The van der Waals surface area contributed by atoms with E-state index in [0.29, 0.717) is 16.2 Å². The predicted octanol–water partition coefficient (Wildman–Crippen LogP) is 2.53. The molecular weight excluding hydrogens is 236 g/mol. The van der Waals surface area contributed by atoms with Gasteiger partial charge in [0.25, 0.3) is 0 Å². The second-order valence-corrected chi connectivity index (χ2v) is 4.66. The highest BCUT2D eigenvalue weighted by molar-refractivity contribution is 7.22. The molecule has 0 unspecified atom stereocenters. The first-order valence-electron chi connectivity index (χ1n) is 5.06. The van der Waals surface area contributed by atoms with Crippen molar-refractivity contribution in [3.8, 4) is 0 Å². The molecule has 0 atom stereocenters. The quantitative estimate of drug-likeness (QED) is 0.669. The summed E-state index contributed by atoms with van der Waals surface area (Å²) in [6.07, 6.45) is 1.53. The number of anilines is 1. The Bertz CT molecular complexity index is 589. The van der Waals surface area contributed by atoms with Gasteiger partial charge in [-0.2, -0.15) is 0 Å². The smallest absolute Gasteiger partial charge is 0.340 e. The van der Waals surface area contributed by atoms with Crippen LogP contribution in [0.4, 0.5) is 5.13 Å². The number of hydrogen-bond acceptors (Lipinski definition) is 5. The Morgan fingerprint density at radius 2 is 2.41 bits per heavy atom. The Kier molecular flexibility index (Phi) is 3.10. The van der Waals surface area contributed by atoms with Crippen LogP contribution >= 0.6 is 11.3 Å². The standard InChI is InChI=1S/C12H12N2O2S/c1-3-4-16-11(15)8-5-7(2)6-9-10(8)14-12(13)17-9/h3,5-6H,1,4H2,2H3,(H2,13,14). The lowest BCUT2D eigenvalue weighted by Crippen LogP contribution is -2.06. The van der Waals surface area contributed by atoms with E-state index in [1.165, 1.54) is 17.4 Å². The van der Waals surface area contributed by atoms with Crippen LogP contribution in [0.3, 0.4) is 0 Å². The summed E-state index contributed by atoms with van der Waals surface area (Å²) >= 11 is 1.36. The van der Waals surface area contributed by atoms with Crippen LogP contribution in [-0.4, -0.2) is 17.6 Å². The van der Waals surface area contributed by atoms with Gasteiger partial charge in [0, 0.05) is 0 Å². The Labute approximate surface area is 103 Å². The van der Waals surface area contributed by atoms with Crippen molar-refractivity contribution >= 4 is 32.7 Å². The van der Waals surface area contributed by atoms with Gasteiger partial charge in [0.2, 0.25) is 0 Å². The Hall–Kier alpha value is -1.88. The lowest BCUT2D eigenvalue weighted by atomic mass is 10.1. The minimum absolute atomic E-state index is 0.188. The molecule has 0 saturated heterocycles. The zero-order chi connectivity index (χ0) is 12.4. The molecule has 17 heavy (non-hydrogen) atoms. The van der Waals surface area contributed by atoms with Crippen molar-refractivity contribution in [3.05, 3.63) is 35.9 Å². The van der Waals surface area contributed by atoms with E-state index in [2.05, 4.69) is 11.6 Å². The third-order valence-corrected chi connectivity index (χ3v) is 3.04. The molecule has 2 rings (SSSR count). The Morgan fingerprint density at radius 1 is 1.65 bits per heavy atom. The highest BCUT2D eigenvalue weighted by Crippen LogP contribution is 2.28. The van der Waals surface area contributed by atoms with E-state index in [-0.39, 0.29) is 6.61 Å². The van der Waals surface area contributed by atoms with E-state index < -0.39 is 5.97 Å². The van der Waals surface area contributed by atoms with Crippen LogP contribution in [0.25, 0.3) is 10.2 Å². The molecule has 1 aromatic heterocycles. The van der Waals surface area contributed by atoms with E-state index in [1.54, 1.807) is 6.07 Å². The van der Waals surface area contributed by atoms with E-state index in [1.807, 2.05) is 13.0 Å². The number of hydrogen-bond donors (Lipinski definition) is 1. The Balaban J connectivity index is 2.51. The first-order chi connectivity index (χ1) is 8.11. The molecule has 0 bridgehead atoms. The number of rotatable bonds is 3. The summed E-state index contributed by atoms with van der Waals surface area (Å²) in [4.78, 5) is 16.0. The van der Waals surface area contributed by atoms with Crippen molar-refractivity contribution in [2.75, 3.05) is 12.3 Å². The minimum Gasteiger partial charge on any atom is -0.458 e. The SMILES string of the molecule is C=CCOC(=O)c1cc(C)cc2sc(N)nc12. The molecule has 2 N–H and O–H groups in total. The molecule has 2 aromatic rings. The van der Waals surface area contributed by atoms with E-state index in [0.717, 1.165) is 10.3 Å². The highest BCUT2D eigenvalue weighted by Gasteiger charge is 2.15. The van der Waals surface area contributed by atoms with Gasteiger partial charge in [0.1, 0.15) is 6.61 Å². The van der Waals surface area contributed by atoms with E-state index >= 15 is 0 Å². The van der Waals surface area contributed by atoms with E-state index in [4.69, 9.17) is 10.5 Å². The highest BCUT2D eigenvalue weighted by atomic mass is 32.1. The first-order valence-corrected chi connectivity index (χ1v) is 5.88. The third-order valence-electron chi connectivity index (χ3n) is 2.21. The average molecular weight is 248 g/mol. The molecule has 0 fully saturated rings. The minimum atomic E-state index is -0.399. The van der Waals surface area contributed by atoms with Crippen LogP contribution in [0.1, 0.15) is 15.9 Å². The fraction of sp³-hybridized carbons (Fsp3) is 0.167. The normalized spacial score (nSPS) is 10.4. The fourth-order valence-corrected chi connectivity index (χ4v) is 2.41. The van der Waals surface area contributed by atoms with Crippen molar-refractivity contribution < 1.29 is 9.53 Å². The number of thiazole rings is 1. The molecule has 0 radical (unpaired) electrons. The average Bonchev–Trinajstić information content (AvgIpc) is 2.64. The number of nitrogens with zero attached hydrogens (tertiary/aromatic N) is 1. The molecule has 4 nitrogen and oxygen atoms in total. The number of ether oxygens (including phenoxy) is 1. The van der Waals surface area contributed by atoms with Crippen molar-refractivity contribution in [3.63, 3.8) is 0 Å². The van der Waals surface area contributed by atoms with Crippen molar-refractivity contribution in [2.45, 2.75) is 6.92 Å². The number of esters is 1. The van der Waals surface area contributed by atoms with Crippen LogP contribution < -0.4 is 5.73 Å². The number of fused-ring (bicyclic) bond motifs is 1. The van der Waals surface area contributed by atoms with Gasteiger partial charge in [0.05, 0.1) is 15.8 Å². The van der Waals surface area contributed by atoms with Crippen molar-refractivity contribution in [1.29, 1.82) is 0 Å². The van der Waals surface area contributed by atoms with Gasteiger partial charge in [-0.3, -0.25) is 0 Å². The van der Waals surface area contributed by atoms with Gasteiger partial charge in [0.15, 0.2) is 5.13 Å². The van der Waals surface area contributed by atoms with Gasteiger partial charge >= 0.3 is 5.97 Å². The molecular formula is C12H12N2O2S. The van der Waals surface area contributed by atoms with Gasteiger partial charge in [-0.15, -0.1) is 0 Å². The van der Waals surface area contributed by atoms with Crippen LogP contribution in [0.5, 0.6) is 0 Å². The lowest BCUT2D eigenvalue weighted by molar-refractivity contribution is 0.0552. The summed E-state index contributed by atoms with van der Waals surface area (Å²) in [5, 5.41) is 0.448. The topological polar surface area (TPSA) is 65.2 Å². The van der Waals surface area contributed by atoms with Crippen LogP contribution in [0, 0.1) is 6.92 Å². The van der Waals surface area contributed by atoms with Crippen molar-refractivity contribution in [2.24, 2.45) is 0 Å². The molecule has 5 heteroatoms. The zero-order valence-corrected chi connectivity index (χ0v) is 10.2. The second-order valence-electron chi connectivity index (χ2n) is 3.60. The maximum Gasteiger partial charge on any atom is 0.340 e. The summed E-state index contributed by atoms with van der Waals surface area (Å²) in [6.45, 7) is 5.60. The molecule has 0 spiro atoms. The molecule has 0 amide bonds.